The van der Waals surface area contributed by atoms with Crippen molar-refractivity contribution in [2.24, 2.45) is 0 Å². The molecule has 3 aromatic heterocycles. The Morgan fingerprint density at radius 3 is 2.71 bits per heavy atom. The third-order valence-corrected chi connectivity index (χ3v) is 4.40. The molecule has 0 N–H and O–H groups in total. The van der Waals surface area contributed by atoms with Crippen molar-refractivity contribution in [3.8, 4) is 11.4 Å². The van der Waals surface area contributed by atoms with E-state index >= 15 is 0 Å². The van der Waals surface area contributed by atoms with Gasteiger partial charge in [-0.1, -0.05) is 13.0 Å². The molecule has 0 unspecified atom stereocenters. The maximum absolute atomic E-state index is 12.7. The first-order chi connectivity index (χ1) is 11.8. The maximum Gasteiger partial charge on any atom is 0.272 e. The van der Waals surface area contributed by atoms with Crippen LogP contribution >= 0.6 is 0 Å². The van der Waals surface area contributed by atoms with Crippen molar-refractivity contribution in [3.05, 3.63) is 47.9 Å². The van der Waals surface area contributed by atoms with Crippen LogP contribution in [-0.2, 0) is 6.42 Å². The van der Waals surface area contributed by atoms with Crippen LogP contribution < -0.4 is 0 Å². The van der Waals surface area contributed by atoms with Gasteiger partial charge in [-0.25, -0.2) is 9.50 Å². The number of pyridine rings is 1. The Bertz CT molecular complexity index is 881. The maximum atomic E-state index is 12.7. The molecule has 1 aliphatic rings. The molecule has 1 amide bonds. The van der Waals surface area contributed by atoms with Crippen molar-refractivity contribution in [3.63, 3.8) is 0 Å². The van der Waals surface area contributed by atoms with E-state index in [2.05, 4.69) is 22.0 Å². The number of aromatic nitrogens is 4. The van der Waals surface area contributed by atoms with E-state index in [1.807, 2.05) is 39.7 Å². The lowest BCUT2D eigenvalue weighted by molar-refractivity contribution is 0.0787. The molecule has 4 rings (SSSR count). The summed E-state index contributed by atoms with van der Waals surface area (Å²) >= 11 is 0. The highest BCUT2D eigenvalue weighted by atomic mass is 16.2. The first-order valence-electron chi connectivity index (χ1n) is 8.36. The van der Waals surface area contributed by atoms with E-state index in [0.717, 1.165) is 49.4 Å². The highest BCUT2D eigenvalue weighted by Crippen LogP contribution is 2.20. The van der Waals surface area contributed by atoms with Gasteiger partial charge in [-0.2, -0.15) is 5.10 Å². The first kappa shape index (κ1) is 14.8. The molecule has 24 heavy (non-hydrogen) atoms. The second-order valence-electron chi connectivity index (χ2n) is 6.00. The number of nitrogens with zero attached hydrogens (tertiary/aromatic N) is 5. The van der Waals surface area contributed by atoms with Gasteiger partial charge >= 0.3 is 0 Å². The van der Waals surface area contributed by atoms with E-state index in [4.69, 9.17) is 0 Å². The van der Waals surface area contributed by atoms with E-state index in [-0.39, 0.29) is 5.91 Å². The van der Waals surface area contributed by atoms with E-state index in [9.17, 15) is 4.79 Å². The largest absolute Gasteiger partial charge is 0.337 e. The second-order valence-corrected chi connectivity index (χ2v) is 6.00. The minimum atomic E-state index is 0.0188. The summed E-state index contributed by atoms with van der Waals surface area (Å²) in [6, 6.07) is 9.49. The van der Waals surface area contributed by atoms with Gasteiger partial charge in [0.2, 0.25) is 0 Å². The van der Waals surface area contributed by atoms with Crippen LogP contribution in [0.2, 0.25) is 0 Å². The van der Waals surface area contributed by atoms with Crippen LogP contribution in [0.1, 0.15) is 35.9 Å². The van der Waals surface area contributed by atoms with E-state index in [0.29, 0.717) is 11.3 Å². The fourth-order valence-corrected chi connectivity index (χ4v) is 3.12. The molecule has 0 bridgehead atoms. The molecule has 6 heteroatoms. The zero-order chi connectivity index (χ0) is 16.5. The smallest absolute Gasteiger partial charge is 0.272 e. The molecule has 6 nitrogen and oxygen atoms in total. The predicted molar refractivity (Wildman–Crippen MR) is 90.7 cm³/mol. The number of aryl methyl sites for hydroxylation is 1. The third kappa shape index (κ3) is 2.54. The second kappa shape index (κ2) is 6.03. The molecule has 4 heterocycles. The van der Waals surface area contributed by atoms with Crippen molar-refractivity contribution < 1.29 is 4.79 Å². The molecule has 122 valence electrons. The number of carbonyl (C=O) groups is 1. The van der Waals surface area contributed by atoms with E-state index < -0.39 is 0 Å². The summed E-state index contributed by atoms with van der Waals surface area (Å²) in [5, 5.41) is 4.62. The topological polar surface area (TPSA) is 63.4 Å². The van der Waals surface area contributed by atoms with Gasteiger partial charge in [0.15, 0.2) is 5.65 Å². The Morgan fingerprint density at radius 1 is 1.17 bits per heavy atom. The standard InChI is InChI=1S/C18H19N5O/c1-2-13-11-16(18(24)22-9-5-6-10-22)20-17-12-15(21-23(13)17)14-7-3-4-8-19-14/h3-4,7-8,11-12H,2,5-6,9-10H2,1H3. The Labute approximate surface area is 140 Å². The fraction of sp³-hybridized carbons (Fsp3) is 0.333. The van der Waals surface area contributed by atoms with Crippen LogP contribution in [-0.4, -0.2) is 43.5 Å². The Hall–Kier alpha value is -2.76. The number of hydrogen-bond acceptors (Lipinski definition) is 4. The molecule has 0 aliphatic carbocycles. The Balaban J connectivity index is 1.79. The number of hydrogen-bond donors (Lipinski definition) is 0. The summed E-state index contributed by atoms with van der Waals surface area (Å²) in [7, 11) is 0. The number of amides is 1. The van der Waals surface area contributed by atoms with Crippen molar-refractivity contribution >= 4 is 11.6 Å². The number of rotatable bonds is 3. The highest BCUT2D eigenvalue weighted by molar-refractivity contribution is 5.93. The summed E-state index contributed by atoms with van der Waals surface area (Å²) in [6.45, 7) is 3.71. The summed E-state index contributed by atoms with van der Waals surface area (Å²) in [5.41, 5.74) is 3.75. The van der Waals surface area contributed by atoms with Gasteiger partial charge in [0.25, 0.3) is 5.91 Å². The Morgan fingerprint density at radius 2 is 2.00 bits per heavy atom. The summed E-state index contributed by atoms with van der Waals surface area (Å²) in [4.78, 5) is 23.4. The van der Waals surface area contributed by atoms with Crippen LogP contribution in [0.25, 0.3) is 17.0 Å². The minimum Gasteiger partial charge on any atom is -0.337 e. The third-order valence-electron chi connectivity index (χ3n) is 4.40. The molecular formula is C18H19N5O. The lowest BCUT2D eigenvalue weighted by Crippen LogP contribution is -2.28. The van der Waals surface area contributed by atoms with Crippen molar-refractivity contribution in [2.75, 3.05) is 13.1 Å². The van der Waals surface area contributed by atoms with Crippen molar-refractivity contribution in [2.45, 2.75) is 26.2 Å². The molecule has 0 aromatic carbocycles. The lowest BCUT2D eigenvalue weighted by Gasteiger charge is -2.15. The molecular weight excluding hydrogens is 302 g/mol. The van der Waals surface area contributed by atoms with Gasteiger partial charge in [0.05, 0.1) is 5.69 Å². The monoisotopic (exact) mass is 321 g/mol. The number of carbonyl (C=O) groups excluding carboxylic acids is 1. The van der Waals surface area contributed by atoms with Gasteiger partial charge in [-0.3, -0.25) is 9.78 Å². The number of fused-ring (bicyclic) bond motifs is 1. The van der Waals surface area contributed by atoms with Crippen LogP contribution in [0.3, 0.4) is 0 Å². The fourth-order valence-electron chi connectivity index (χ4n) is 3.12. The first-order valence-corrected chi connectivity index (χ1v) is 8.36. The van der Waals surface area contributed by atoms with Crippen LogP contribution in [0, 0.1) is 0 Å². The van der Waals surface area contributed by atoms with Crippen molar-refractivity contribution in [1.82, 2.24) is 24.5 Å². The zero-order valence-electron chi connectivity index (χ0n) is 13.6. The number of likely N-dealkylation sites (tertiary alicyclic amines) is 1. The van der Waals surface area contributed by atoms with Gasteiger partial charge in [-0.15, -0.1) is 0 Å². The van der Waals surface area contributed by atoms with Gasteiger partial charge < -0.3 is 4.90 Å². The molecule has 1 fully saturated rings. The van der Waals surface area contributed by atoms with Crippen molar-refractivity contribution in [1.29, 1.82) is 0 Å². The Kier molecular flexibility index (Phi) is 3.72. The average Bonchev–Trinajstić information content (AvgIpc) is 3.30. The molecule has 0 spiro atoms. The molecule has 0 saturated carbocycles. The molecule has 0 radical (unpaired) electrons. The van der Waals surface area contributed by atoms with E-state index in [1.165, 1.54) is 0 Å². The quantitative estimate of drug-likeness (QED) is 0.744. The highest BCUT2D eigenvalue weighted by Gasteiger charge is 2.22. The summed E-state index contributed by atoms with van der Waals surface area (Å²) in [6.07, 6.45) is 4.68. The lowest BCUT2D eigenvalue weighted by atomic mass is 10.2. The average molecular weight is 321 g/mol. The van der Waals surface area contributed by atoms with Crippen LogP contribution in [0.4, 0.5) is 0 Å². The molecule has 0 atom stereocenters. The van der Waals surface area contributed by atoms with Crippen LogP contribution in [0.5, 0.6) is 0 Å². The SMILES string of the molecule is CCc1cc(C(=O)N2CCCC2)nc2cc(-c3ccccn3)nn12. The van der Waals surface area contributed by atoms with Gasteiger partial charge in [0.1, 0.15) is 11.4 Å². The van der Waals surface area contributed by atoms with Gasteiger partial charge in [0, 0.05) is 31.0 Å². The summed E-state index contributed by atoms with van der Waals surface area (Å²) in [5.74, 6) is 0.0188. The molecule has 3 aromatic rings. The summed E-state index contributed by atoms with van der Waals surface area (Å²) < 4.78 is 1.81. The molecule has 1 saturated heterocycles. The minimum absolute atomic E-state index is 0.0188. The molecule has 1 aliphatic heterocycles. The van der Waals surface area contributed by atoms with Crippen LogP contribution in [0.15, 0.2) is 36.5 Å². The predicted octanol–water partition coefficient (Wildman–Crippen LogP) is 2.59. The normalized spacial score (nSPS) is 14.5. The zero-order valence-corrected chi connectivity index (χ0v) is 13.6. The van der Waals surface area contributed by atoms with E-state index in [1.54, 1.807) is 6.20 Å². The van der Waals surface area contributed by atoms with Gasteiger partial charge in [-0.05, 0) is 37.5 Å².